The lowest BCUT2D eigenvalue weighted by Gasteiger charge is -2.34. The van der Waals surface area contributed by atoms with Crippen molar-refractivity contribution in [2.24, 2.45) is 7.05 Å². The van der Waals surface area contributed by atoms with Gasteiger partial charge in [-0.1, -0.05) is 6.92 Å². The number of ether oxygens (including phenoxy) is 1. The summed E-state index contributed by atoms with van der Waals surface area (Å²) in [7, 11) is 1.91. The molecule has 2 heterocycles. The number of aryl methyl sites for hydroxylation is 2. The molecule has 1 N–H and O–H groups in total. The Labute approximate surface area is 108 Å². The van der Waals surface area contributed by atoms with Crippen LogP contribution in [0.3, 0.4) is 0 Å². The molecule has 0 bridgehead atoms. The number of hydrogen-bond acceptors (Lipinski definition) is 4. The quantitative estimate of drug-likeness (QED) is 0.827. The van der Waals surface area contributed by atoms with Gasteiger partial charge in [-0.15, -0.1) is 0 Å². The SMILES string of the molecule is CCN1CCOC(C(O)CCc2cnn(C)c2)C1. The van der Waals surface area contributed by atoms with Crippen molar-refractivity contribution in [1.82, 2.24) is 14.7 Å². The lowest BCUT2D eigenvalue weighted by Crippen LogP contribution is -2.47. The van der Waals surface area contributed by atoms with Gasteiger partial charge in [-0.05, 0) is 24.9 Å². The molecule has 5 heteroatoms. The average Bonchev–Trinajstić information content (AvgIpc) is 2.82. The first-order valence-corrected chi connectivity index (χ1v) is 6.68. The number of likely N-dealkylation sites (N-methyl/N-ethyl adjacent to an activating group) is 1. The van der Waals surface area contributed by atoms with Gasteiger partial charge in [0.1, 0.15) is 0 Å². The van der Waals surface area contributed by atoms with E-state index < -0.39 is 0 Å². The lowest BCUT2D eigenvalue weighted by molar-refractivity contribution is -0.0890. The Hall–Kier alpha value is -0.910. The van der Waals surface area contributed by atoms with E-state index in [1.165, 1.54) is 5.56 Å². The molecule has 18 heavy (non-hydrogen) atoms. The fourth-order valence-corrected chi connectivity index (χ4v) is 2.35. The predicted molar refractivity (Wildman–Crippen MR) is 69.4 cm³/mol. The van der Waals surface area contributed by atoms with E-state index in [0.29, 0.717) is 0 Å². The number of rotatable bonds is 5. The molecule has 0 spiro atoms. The van der Waals surface area contributed by atoms with Crippen LogP contribution in [0.2, 0.25) is 0 Å². The average molecular weight is 253 g/mol. The van der Waals surface area contributed by atoms with Gasteiger partial charge < -0.3 is 9.84 Å². The zero-order chi connectivity index (χ0) is 13.0. The van der Waals surface area contributed by atoms with Crippen LogP contribution in [0, 0.1) is 0 Å². The first-order valence-electron chi connectivity index (χ1n) is 6.68. The molecule has 2 rings (SSSR count). The second-order valence-corrected chi connectivity index (χ2v) is 4.93. The van der Waals surface area contributed by atoms with E-state index in [4.69, 9.17) is 4.74 Å². The summed E-state index contributed by atoms with van der Waals surface area (Å²) in [6, 6.07) is 0. The van der Waals surface area contributed by atoms with Crippen LogP contribution in [0.25, 0.3) is 0 Å². The number of aromatic nitrogens is 2. The summed E-state index contributed by atoms with van der Waals surface area (Å²) in [6.07, 6.45) is 4.99. The molecule has 1 aliphatic rings. The van der Waals surface area contributed by atoms with E-state index in [-0.39, 0.29) is 12.2 Å². The smallest absolute Gasteiger partial charge is 0.0961 e. The highest BCUT2D eigenvalue weighted by Gasteiger charge is 2.25. The van der Waals surface area contributed by atoms with Crippen molar-refractivity contribution in [1.29, 1.82) is 0 Å². The van der Waals surface area contributed by atoms with Crippen LogP contribution < -0.4 is 0 Å². The minimum atomic E-state index is -0.389. The van der Waals surface area contributed by atoms with E-state index in [1.54, 1.807) is 4.68 Å². The van der Waals surface area contributed by atoms with Crippen LogP contribution in [0.4, 0.5) is 0 Å². The molecule has 1 aliphatic heterocycles. The highest BCUT2D eigenvalue weighted by Crippen LogP contribution is 2.13. The molecule has 0 aromatic carbocycles. The van der Waals surface area contributed by atoms with Gasteiger partial charge >= 0.3 is 0 Å². The molecule has 2 atom stereocenters. The Kier molecular flexibility index (Phi) is 4.74. The van der Waals surface area contributed by atoms with Gasteiger partial charge in [0.15, 0.2) is 0 Å². The van der Waals surface area contributed by atoms with Crippen molar-refractivity contribution in [3.63, 3.8) is 0 Å². The molecule has 0 radical (unpaired) electrons. The highest BCUT2D eigenvalue weighted by molar-refractivity contribution is 5.04. The van der Waals surface area contributed by atoms with E-state index >= 15 is 0 Å². The summed E-state index contributed by atoms with van der Waals surface area (Å²) in [6.45, 7) is 5.70. The van der Waals surface area contributed by atoms with Gasteiger partial charge in [-0.25, -0.2) is 0 Å². The second-order valence-electron chi connectivity index (χ2n) is 4.93. The summed E-state index contributed by atoms with van der Waals surface area (Å²) in [4.78, 5) is 2.32. The molecule has 5 nitrogen and oxygen atoms in total. The van der Waals surface area contributed by atoms with Gasteiger partial charge in [0.05, 0.1) is 25.0 Å². The topological polar surface area (TPSA) is 50.5 Å². The predicted octanol–water partition coefficient (Wildman–Crippen LogP) is 0.434. The molecule has 0 amide bonds. The fourth-order valence-electron chi connectivity index (χ4n) is 2.35. The third kappa shape index (κ3) is 3.54. The molecule has 0 aliphatic carbocycles. The van der Waals surface area contributed by atoms with Crippen LogP contribution in [-0.4, -0.2) is 58.2 Å². The van der Waals surface area contributed by atoms with Crippen molar-refractivity contribution in [2.45, 2.75) is 32.0 Å². The number of aliphatic hydroxyl groups excluding tert-OH is 1. The van der Waals surface area contributed by atoms with Crippen molar-refractivity contribution >= 4 is 0 Å². The third-order valence-corrected chi connectivity index (χ3v) is 3.54. The second kappa shape index (κ2) is 6.31. The van der Waals surface area contributed by atoms with Crippen molar-refractivity contribution < 1.29 is 9.84 Å². The van der Waals surface area contributed by atoms with E-state index in [9.17, 15) is 5.11 Å². The van der Waals surface area contributed by atoms with Crippen LogP contribution in [-0.2, 0) is 18.2 Å². The maximum Gasteiger partial charge on any atom is 0.0961 e. The Morgan fingerprint density at radius 1 is 1.61 bits per heavy atom. The minimum absolute atomic E-state index is 0.0460. The molecular weight excluding hydrogens is 230 g/mol. The Bertz CT molecular complexity index is 367. The maximum absolute atomic E-state index is 10.2. The zero-order valence-electron chi connectivity index (χ0n) is 11.2. The van der Waals surface area contributed by atoms with E-state index in [2.05, 4.69) is 16.9 Å². The molecule has 1 saturated heterocycles. The largest absolute Gasteiger partial charge is 0.390 e. The molecule has 2 unspecified atom stereocenters. The summed E-state index contributed by atoms with van der Waals surface area (Å²) < 4.78 is 7.44. The Balaban J connectivity index is 1.78. The van der Waals surface area contributed by atoms with Crippen molar-refractivity contribution in [3.8, 4) is 0 Å². The first kappa shape index (κ1) is 13.5. The first-order chi connectivity index (χ1) is 8.69. The van der Waals surface area contributed by atoms with Gasteiger partial charge in [0.2, 0.25) is 0 Å². The lowest BCUT2D eigenvalue weighted by atomic mass is 10.0. The molecule has 0 saturated carbocycles. The molecule has 1 aromatic rings. The monoisotopic (exact) mass is 253 g/mol. The number of nitrogens with zero attached hydrogens (tertiary/aromatic N) is 3. The van der Waals surface area contributed by atoms with E-state index in [1.807, 2.05) is 19.4 Å². The van der Waals surface area contributed by atoms with Crippen molar-refractivity contribution in [3.05, 3.63) is 18.0 Å². The standard InChI is InChI=1S/C13H23N3O2/c1-3-16-6-7-18-13(10-16)12(17)5-4-11-8-14-15(2)9-11/h8-9,12-13,17H,3-7,10H2,1-2H3. The number of hydrogen-bond donors (Lipinski definition) is 1. The van der Waals surface area contributed by atoms with Gasteiger partial charge in [0.25, 0.3) is 0 Å². The molecule has 1 fully saturated rings. The fraction of sp³-hybridized carbons (Fsp3) is 0.769. The van der Waals surface area contributed by atoms with Gasteiger partial charge in [-0.3, -0.25) is 9.58 Å². The van der Waals surface area contributed by atoms with Crippen LogP contribution in [0.1, 0.15) is 18.9 Å². The van der Waals surface area contributed by atoms with Crippen LogP contribution >= 0.6 is 0 Å². The number of aliphatic hydroxyl groups is 1. The van der Waals surface area contributed by atoms with Gasteiger partial charge in [-0.2, -0.15) is 5.10 Å². The zero-order valence-corrected chi connectivity index (χ0v) is 11.2. The highest BCUT2D eigenvalue weighted by atomic mass is 16.5. The Morgan fingerprint density at radius 2 is 2.44 bits per heavy atom. The number of morpholine rings is 1. The van der Waals surface area contributed by atoms with Gasteiger partial charge in [0, 0.05) is 26.3 Å². The third-order valence-electron chi connectivity index (χ3n) is 3.54. The van der Waals surface area contributed by atoms with Crippen molar-refractivity contribution in [2.75, 3.05) is 26.2 Å². The van der Waals surface area contributed by atoms with Crippen LogP contribution in [0.15, 0.2) is 12.4 Å². The van der Waals surface area contributed by atoms with E-state index in [0.717, 1.165) is 39.1 Å². The summed E-state index contributed by atoms with van der Waals surface area (Å²) in [5, 5.41) is 14.3. The normalized spacial score (nSPS) is 23.2. The summed E-state index contributed by atoms with van der Waals surface area (Å²) in [5.41, 5.74) is 1.17. The Morgan fingerprint density at radius 3 is 3.11 bits per heavy atom. The molecular formula is C13H23N3O2. The van der Waals surface area contributed by atoms with Crippen LogP contribution in [0.5, 0.6) is 0 Å². The summed E-state index contributed by atoms with van der Waals surface area (Å²) in [5.74, 6) is 0. The maximum atomic E-state index is 10.2. The summed E-state index contributed by atoms with van der Waals surface area (Å²) >= 11 is 0. The molecule has 102 valence electrons. The minimum Gasteiger partial charge on any atom is -0.390 e. The molecule has 1 aromatic heterocycles.